The predicted octanol–water partition coefficient (Wildman–Crippen LogP) is 6.90. The van der Waals surface area contributed by atoms with Crippen LogP contribution in [0, 0.1) is 11.3 Å². The van der Waals surface area contributed by atoms with E-state index in [0.29, 0.717) is 30.5 Å². The summed E-state index contributed by atoms with van der Waals surface area (Å²) in [6.07, 6.45) is 8.49. The van der Waals surface area contributed by atoms with Crippen LogP contribution >= 0.6 is 0 Å². The number of hydrogen-bond donors (Lipinski definition) is 2. The van der Waals surface area contributed by atoms with Crippen LogP contribution in [0.3, 0.4) is 0 Å². The minimum atomic E-state index is 0.554. The first-order valence-corrected chi connectivity index (χ1v) is 16.5. The molecule has 6 rings (SSSR count). The van der Waals surface area contributed by atoms with E-state index >= 15 is 0 Å². The average molecular weight is 697 g/mol. The van der Waals surface area contributed by atoms with Crippen LogP contribution in [-0.4, -0.2) is 66.4 Å². The number of nitriles is 1. The van der Waals surface area contributed by atoms with Gasteiger partial charge in [0.2, 0.25) is 11.9 Å². The first-order chi connectivity index (χ1) is 25.5. The highest BCUT2D eigenvalue weighted by Gasteiger charge is 2.08. The first-order valence-electron chi connectivity index (χ1n) is 16.5. The summed E-state index contributed by atoms with van der Waals surface area (Å²) in [4.78, 5) is 21.7. The molecule has 0 unspecified atom stereocenters. The topological polar surface area (TPSA) is 149 Å². The van der Waals surface area contributed by atoms with E-state index in [2.05, 4.69) is 41.6 Å². The summed E-state index contributed by atoms with van der Waals surface area (Å²) in [7, 11) is 6.62. The quantitative estimate of drug-likeness (QED) is 0.122. The van der Waals surface area contributed by atoms with E-state index in [9.17, 15) is 0 Å². The van der Waals surface area contributed by atoms with Gasteiger partial charge in [-0.25, -0.2) is 19.9 Å². The number of nitrogens with one attached hydrogen (secondary N) is 2. The lowest BCUT2D eigenvalue weighted by Crippen LogP contribution is -2.09. The number of anilines is 2. The molecule has 264 valence electrons. The Bertz CT molecular complexity index is 2070. The molecular formula is C40H40N8O4. The van der Waals surface area contributed by atoms with Gasteiger partial charge in [-0.3, -0.25) is 4.98 Å². The third kappa shape index (κ3) is 10.1. The molecule has 6 aromatic rings. The number of rotatable bonds is 14. The zero-order valence-corrected chi connectivity index (χ0v) is 29.5. The molecule has 0 saturated carbocycles. The van der Waals surface area contributed by atoms with Crippen LogP contribution in [0.15, 0.2) is 110 Å². The molecule has 0 amide bonds. The highest BCUT2D eigenvalue weighted by molar-refractivity contribution is 5.61. The van der Waals surface area contributed by atoms with Crippen molar-refractivity contribution in [1.29, 1.82) is 5.26 Å². The van der Waals surface area contributed by atoms with E-state index in [1.54, 1.807) is 65.4 Å². The molecule has 12 nitrogen and oxygen atoms in total. The first kappa shape index (κ1) is 36.5. The number of nitrogens with zero attached hydrogens (tertiary/aromatic N) is 6. The lowest BCUT2D eigenvalue weighted by molar-refractivity contribution is 0.399. The Morgan fingerprint density at radius 1 is 0.596 bits per heavy atom. The second-order valence-corrected chi connectivity index (χ2v) is 11.2. The van der Waals surface area contributed by atoms with Crippen molar-refractivity contribution in [2.45, 2.75) is 12.8 Å². The highest BCUT2D eigenvalue weighted by atomic mass is 16.5. The van der Waals surface area contributed by atoms with Gasteiger partial charge in [0.25, 0.3) is 0 Å². The van der Waals surface area contributed by atoms with Crippen molar-refractivity contribution >= 4 is 11.9 Å². The summed E-state index contributed by atoms with van der Waals surface area (Å²) in [5, 5.41) is 15.4. The molecule has 0 saturated heterocycles. The maximum absolute atomic E-state index is 8.90. The van der Waals surface area contributed by atoms with Gasteiger partial charge in [-0.15, -0.1) is 0 Å². The Morgan fingerprint density at radius 3 is 1.60 bits per heavy atom. The Morgan fingerprint density at radius 2 is 1.13 bits per heavy atom. The molecule has 0 fully saturated rings. The maximum Gasteiger partial charge on any atom is 0.223 e. The second kappa shape index (κ2) is 18.9. The van der Waals surface area contributed by atoms with Crippen molar-refractivity contribution in [3.8, 4) is 51.6 Å². The summed E-state index contributed by atoms with van der Waals surface area (Å²) in [6, 6.07) is 28.5. The molecular weight excluding hydrogens is 656 g/mol. The lowest BCUT2D eigenvalue weighted by atomic mass is 10.1. The van der Waals surface area contributed by atoms with Crippen molar-refractivity contribution in [2.75, 3.05) is 52.2 Å². The summed E-state index contributed by atoms with van der Waals surface area (Å²) in [5.41, 5.74) is 6.28. The van der Waals surface area contributed by atoms with Crippen molar-refractivity contribution in [3.05, 3.63) is 126 Å². The molecule has 0 aliphatic rings. The molecule has 3 aromatic carbocycles. The van der Waals surface area contributed by atoms with E-state index in [1.807, 2.05) is 72.8 Å². The van der Waals surface area contributed by atoms with E-state index in [4.69, 9.17) is 24.2 Å². The molecule has 3 heterocycles. The van der Waals surface area contributed by atoms with Crippen LogP contribution in [-0.2, 0) is 12.8 Å². The normalized spacial score (nSPS) is 10.2. The fourth-order valence-electron chi connectivity index (χ4n) is 5.21. The van der Waals surface area contributed by atoms with Crippen LogP contribution in [0.5, 0.6) is 23.0 Å². The third-order valence-corrected chi connectivity index (χ3v) is 7.91. The van der Waals surface area contributed by atoms with Crippen molar-refractivity contribution < 1.29 is 18.9 Å². The van der Waals surface area contributed by atoms with Gasteiger partial charge in [0, 0.05) is 49.0 Å². The standard InChI is InChI=1S/C21H20N4O2.C19H20N4O2/c1-26-18-7-8-20(27-2)17(13-18)9-11-23-21-24-12-10-19(25-21)16-5-3-15(14-22)4-6-16;1-24-16-5-6-18(25-2)14(12-16)7-10-21-19-22-11-8-17(23-19)15-4-3-9-20-13-15/h3-8,10,12-13H,9,11H2,1-2H3,(H,23,24,25);3-6,8-9,11-13H,7,10H2,1-2H3,(H,21,22,23). The Labute approximate surface area is 303 Å². The SMILES string of the molecule is COc1ccc(OC)c(CCNc2nccc(-c3ccc(C#N)cc3)n2)c1.COc1ccc(OC)c(CCNc2nccc(-c3cccnc3)n2)c1. The van der Waals surface area contributed by atoms with Crippen LogP contribution in [0.25, 0.3) is 22.5 Å². The number of hydrogen-bond acceptors (Lipinski definition) is 12. The number of benzene rings is 3. The van der Waals surface area contributed by atoms with Gasteiger partial charge in [0.05, 0.1) is 51.5 Å². The van der Waals surface area contributed by atoms with Crippen molar-refractivity contribution in [2.24, 2.45) is 0 Å². The molecule has 2 N–H and O–H groups in total. The van der Waals surface area contributed by atoms with E-state index < -0.39 is 0 Å². The molecule has 0 radical (unpaired) electrons. The van der Waals surface area contributed by atoms with Crippen molar-refractivity contribution in [3.63, 3.8) is 0 Å². The fourth-order valence-corrected chi connectivity index (χ4v) is 5.21. The fraction of sp³-hybridized carbons (Fsp3) is 0.200. The predicted molar refractivity (Wildman–Crippen MR) is 201 cm³/mol. The van der Waals surface area contributed by atoms with Gasteiger partial charge in [-0.1, -0.05) is 12.1 Å². The third-order valence-electron chi connectivity index (χ3n) is 7.91. The summed E-state index contributed by atoms with van der Waals surface area (Å²) >= 11 is 0. The lowest BCUT2D eigenvalue weighted by Gasteiger charge is -2.11. The zero-order valence-electron chi connectivity index (χ0n) is 29.5. The molecule has 0 bridgehead atoms. The van der Waals surface area contributed by atoms with Gasteiger partial charge in [0.1, 0.15) is 23.0 Å². The highest BCUT2D eigenvalue weighted by Crippen LogP contribution is 2.26. The second-order valence-electron chi connectivity index (χ2n) is 11.2. The number of pyridine rings is 1. The Kier molecular flexibility index (Phi) is 13.3. The molecule has 0 atom stereocenters. The number of ether oxygens (including phenoxy) is 4. The number of methoxy groups -OCH3 is 4. The molecule has 0 spiro atoms. The summed E-state index contributed by atoms with van der Waals surface area (Å²) in [6.45, 7) is 1.33. The Balaban J connectivity index is 0.000000202. The van der Waals surface area contributed by atoms with Crippen molar-refractivity contribution in [1.82, 2.24) is 24.9 Å². The minimum absolute atomic E-state index is 0.554. The minimum Gasteiger partial charge on any atom is -0.497 e. The average Bonchev–Trinajstić information content (AvgIpc) is 3.21. The van der Waals surface area contributed by atoms with Gasteiger partial charge in [-0.2, -0.15) is 5.26 Å². The van der Waals surface area contributed by atoms with Gasteiger partial charge >= 0.3 is 0 Å². The van der Waals surface area contributed by atoms with Crippen LogP contribution < -0.4 is 29.6 Å². The summed E-state index contributed by atoms with van der Waals surface area (Å²) in [5.74, 6) is 4.41. The zero-order chi connectivity index (χ0) is 36.5. The monoisotopic (exact) mass is 696 g/mol. The molecule has 52 heavy (non-hydrogen) atoms. The largest absolute Gasteiger partial charge is 0.497 e. The molecule has 12 heteroatoms. The smallest absolute Gasteiger partial charge is 0.223 e. The van der Waals surface area contributed by atoms with Gasteiger partial charge in [-0.05, 0) is 96.8 Å². The van der Waals surface area contributed by atoms with Crippen LogP contribution in [0.4, 0.5) is 11.9 Å². The molecule has 3 aromatic heterocycles. The van der Waals surface area contributed by atoms with Gasteiger partial charge < -0.3 is 29.6 Å². The molecule has 0 aliphatic heterocycles. The number of aromatic nitrogens is 5. The van der Waals surface area contributed by atoms with Gasteiger partial charge in [0.15, 0.2) is 0 Å². The van der Waals surface area contributed by atoms with Crippen LogP contribution in [0.2, 0.25) is 0 Å². The maximum atomic E-state index is 8.90. The summed E-state index contributed by atoms with van der Waals surface area (Å²) < 4.78 is 21.4. The van der Waals surface area contributed by atoms with Crippen LogP contribution in [0.1, 0.15) is 16.7 Å². The van der Waals surface area contributed by atoms with E-state index in [0.717, 1.165) is 69.5 Å². The Hall–Kier alpha value is -6.74. The van der Waals surface area contributed by atoms with E-state index in [1.165, 1.54) is 0 Å². The molecule has 0 aliphatic carbocycles. The van der Waals surface area contributed by atoms with E-state index in [-0.39, 0.29) is 0 Å².